The molecule has 0 aliphatic heterocycles. The zero-order chi connectivity index (χ0) is 15.5. The zero-order valence-electron chi connectivity index (χ0n) is 12.9. The molecule has 1 atom stereocenters. The molecule has 1 rings (SSSR count). The maximum atomic E-state index is 12.3. The van der Waals surface area contributed by atoms with Crippen LogP contribution in [0.15, 0.2) is 18.5 Å². The van der Waals surface area contributed by atoms with Crippen LogP contribution in [0.3, 0.4) is 0 Å². The minimum Gasteiger partial charge on any atom is -0.395 e. The van der Waals surface area contributed by atoms with Crippen molar-refractivity contribution < 1.29 is 9.90 Å². The van der Waals surface area contributed by atoms with Crippen LogP contribution in [0, 0.1) is 11.8 Å². The van der Waals surface area contributed by atoms with Crippen molar-refractivity contribution in [3.8, 4) is 11.8 Å². The Morgan fingerprint density at radius 1 is 1.48 bits per heavy atom. The van der Waals surface area contributed by atoms with E-state index in [4.69, 9.17) is 5.11 Å². The normalized spacial score (nSPS) is 11.4. The van der Waals surface area contributed by atoms with Crippen LogP contribution in [0.1, 0.15) is 61.9 Å². The van der Waals surface area contributed by atoms with Crippen molar-refractivity contribution in [2.45, 2.75) is 52.0 Å². The average molecular weight is 288 g/mol. The summed E-state index contributed by atoms with van der Waals surface area (Å²) in [5.41, 5.74) is 1.14. The predicted molar refractivity (Wildman–Crippen MR) is 83.9 cm³/mol. The standard InChI is InChI=1S/C17H24N2O2/c1-3-4-5-8-14(2)19-17(21)16-10-11-18-13-15(16)9-6-7-12-20/h10-11,13-14,20H,3-5,7-8,12H2,1-2H3,(H,19,21). The topological polar surface area (TPSA) is 62.2 Å². The maximum Gasteiger partial charge on any atom is 0.252 e. The number of carbonyl (C=O) groups excluding carboxylic acids is 1. The molecule has 0 radical (unpaired) electrons. The second kappa shape index (κ2) is 9.95. The fourth-order valence-electron chi connectivity index (χ4n) is 1.98. The number of unbranched alkanes of at least 4 members (excludes halogenated alkanes) is 2. The highest BCUT2D eigenvalue weighted by atomic mass is 16.2. The third kappa shape index (κ3) is 6.42. The van der Waals surface area contributed by atoms with E-state index in [9.17, 15) is 4.79 Å². The van der Waals surface area contributed by atoms with E-state index in [0.717, 1.165) is 12.8 Å². The molecule has 0 saturated carbocycles. The third-order valence-corrected chi connectivity index (χ3v) is 3.14. The van der Waals surface area contributed by atoms with Gasteiger partial charge in [-0.2, -0.15) is 0 Å². The van der Waals surface area contributed by atoms with Gasteiger partial charge < -0.3 is 10.4 Å². The molecule has 1 unspecified atom stereocenters. The molecule has 2 N–H and O–H groups in total. The van der Waals surface area contributed by atoms with Crippen molar-refractivity contribution >= 4 is 5.91 Å². The molecule has 4 heteroatoms. The van der Waals surface area contributed by atoms with Gasteiger partial charge in [0.15, 0.2) is 0 Å². The van der Waals surface area contributed by atoms with Gasteiger partial charge in [0.1, 0.15) is 0 Å². The van der Waals surface area contributed by atoms with Crippen LogP contribution in [0.5, 0.6) is 0 Å². The van der Waals surface area contributed by atoms with Crippen LogP contribution in [0.25, 0.3) is 0 Å². The number of aromatic nitrogens is 1. The third-order valence-electron chi connectivity index (χ3n) is 3.14. The smallest absolute Gasteiger partial charge is 0.252 e. The maximum absolute atomic E-state index is 12.3. The van der Waals surface area contributed by atoms with Gasteiger partial charge in [-0.15, -0.1) is 0 Å². The first-order chi connectivity index (χ1) is 10.2. The van der Waals surface area contributed by atoms with Gasteiger partial charge in [-0.1, -0.05) is 38.0 Å². The molecular weight excluding hydrogens is 264 g/mol. The number of nitrogens with zero attached hydrogens (tertiary/aromatic N) is 1. The molecule has 0 aliphatic rings. The largest absolute Gasteiger partial charge is 0.395 e. The fourth-order valence-corrected chi connectivity index (χ4v) is 1.98. The van der Waals surface area contributed by atoms with Crippen LogP contribution in [0.4, 0.5) is 0 Å². The Balaban J connectivity index is 2.67. The summed E-state index contributed by atoms with van der Waals surface area (Å²) in [5.74, 6) is 5.59. The van der Waals surface area contributed by atoms with Gasteiger partial charge in [0.05, 0.1) is 17.7 Å². The number of pyridine rings is 1. The Hall–Kier alpha value is -1.86. The Morgan fingerprint density at radius 3 is 3.00 bits per heavy atom. The molecular formula is C17H24N2O2. The summed E-state index contributed by atoms with van der Waals surface area (Å²) >= 11 is 0. The summed E-state index contributed by atoms with van der Waals surface area (Å²) in [6.45, 7) is 4.20. The molecule has 1 amide bonds. The average Bonchev–Trinajstić information content (AvgIpc) is 2.48. The Bertz CT molecular complexity index is 503. The fraction of sp³-hybridized carbons (Fsp3) is 0.529. The number of amides is 1. The highest BCUT2D eigenvalue weighted by Crippen LogP contribution is 2.08. The molecule has 1 aromatic heterocycles. The Morgan fingerprint density at radius 2 is 2.29 bits per heavy atom. The van der Waals surface area contributed by atoms with Crippen molar-refractivity contribution in [1.82, 2.24) is 10.3 Å². The lowest BCUT2D eigenvalue weighted by Gasteiger charge is -2.14. The molecule has 0 spiro atoms. The van der Waals surface area contributed by atoms with Crippen molar-refractivity contribution in [3.63, 3.8) is 0 Å². The van der Waals surface area contributed by atoms with Crippen LogP contribution in [0.2, 0.25) is 0 Å². The lowest BCUT2D eigenvalue weighted by molar-refractivity contribution is 0.0937. The number of hydrogen-bond donors (Lipinski definition) is 2. The summed E-state index contributed by atoms with van der Waals surface area (Å²) in [6, 6.07) is 1.83. The summed E-state index contributed by atoms with van der Waals surface area (Å²) in [5, 5.41) is 11.7. The van der Waals surface area contributed by atoms with Gasteiger partial charge in [0.25, 0.3) is 5.91 Å². The number of aliphatic hydroxyl groups is 1. The van der Waals surface area contributed by atoms with Crippen LogP contribution in [-0.2, 0) is 0 Å². The molecule has 0 saturated heterocycles. The number of carbonyl (C=O) groups is 1. The molecule has 114 valence electrons. The molecule has 0 aliphatic carbocycles. The van der Waals surface area contributed by atoms with E-state index in [1.807, 2.05) is 6.92 Å². The van der Waals surface area contributed by atoms with Crippen LogP contribution in [-0.4, -0.2) is 28.6 Å². The second-order valence-electron chi connectivity index (χ2n) is 5.07. The molecule has 1 heterocycles. The van der Waals surface area contributed by atoms with Gasteiger partial charge in [0, 0.05) is 24.9 Å². The summed E-state index contributed by atoms with van der Waals surface area (Å²) in [7, 11) is 0. The minimum atomic E-state index is -0.116. The summed E-state index contributed by atoms with van der Waals surface area (Å²) in [4.78, 5) is 16.3. The molecule has 4 nitrogen and oxygen atoms in total. The van der Waals surface area contributed by atoms with Gasteiger partial charge in [0.2, 0.25) is 0 Å². The van der Waals surface area contributed by atoms with Crippen molar-refractivity contribution in [3.05, 3.63) is 29.6 Å². The van der Waals surface area contributed by atoms with Gasteiger partial charge in [-0.25, -0.2) is 0 Å². The van der Waals surface area contributed by atoms with Crippen molar-refractivity contribution in [1.29, 1.82) is 0 Å². The molecule has 0 bridgehead atoms. The first kappa shape index (κ1) is 17.2. The van der Waals surface area contributed by atoms with Gasteiger partial charge in [-0.05, 0) is 19.4 Å². The quantitative estimate of drug-likeness (QED) is 0.598. The predicted octanol–water partition coefficient (Wildman–Crippen LogP) is 2.51. The first-order valence-electron chi connectivity index (χ1n) is 7.53. The van der Waals surface area contributed by atoms with E-state index in [2.05, 4.69) is 29.1 Å². The number of aliphatic hydroxyl groups excluding tert-OH is 1. The van der Waals surface area contributed by atoms with E-state index in [0.29, 0.717) is 17.5 Å². The SMILES string of the molecule is CCCCCC(C)NC(=O)c1ccncc1C#CCCO. The Labute approximate surface area is 127 Å². The number of rotatable bonds is 7. The highest BCUT2D eigenvalue weighted by Gasteiger charge is 2.12. The lowest BCUT2D eigenvalue weighted by Crippen LogP contribution is -2.33. The van der Waals surface area contributed by atoms with Crippen LogP contribution >= 0.6 is 0 Å². The molecule has 21 heavy (non-hydrogen) atoms. The number of hydrogen-bond acceptors (Lipinski definition) is 3. The van der Waals surface area contributed by atoms with E-state index in [1.54, 1.807) is 18.5 Å². The molecule has 1 aromatic rings. The first-order valence-corrected chi connectivity index (χ1v) is 7.53. The minimum absolute atomic E-state index is 0.0171. The highest BCUT2D eigenvalue weighted by molar-refractivity contribution is 5.96. The van der Waals surface area contributed by atoms with Crippen molar-refractivity contribution in [2.75, 3.05) is 6.61 Å². The van der Waals surface area contributed by atoms with E-state index < -0.39 is 0 Å². The molecule has 0 aromatic carbocycles. The van der Waals surface area contributed by atoms with Crippen LogP contribution < -0.4 is 5.32 Å². The summed E-state index contributed by atoms with van der Waals surface area (Å²) < 4.78 is 0. The van der Waals surface area contributed by atoms with E-state index in [1.165, 1.54) is 12.8 Å². The molecule has 0 fully saturated rings. The summed E-state index contributed by atoms with van der Waals surface area (Å²) in [6.07, 6.45) is 8.04. The van der Waals surface area contributed by atoms with E-state index >= 15 is 0 Å². The zero-order valence-corrected chi connectivity index (χ0v) is 12.9. The van der Waals surface area contributed by atoms with Crippen molar-refractivity contribution in [2.24, 2.45) is 0 Å². The monoisotopic (exact) mass is 288 g/mol. The second-order valence-corrected chi connectivity index (χ2v) is 5.07. The Kier molecular flexibility index (Phi) is 8.15. The number of nitrogens with one attached hydrogen (secondary N) is 1. The van der Waals surface area contributed by atoms with Gasteiger partial charge in [-0.3, -0.25) is 9.78 Å². The van der Waals surface area contributed by atoms with E-state index in [-0.39, 0.29) is 18.6 Å². The van der Waals surface area contributed by atoms with Gasteiger partial charge >= 0.3 is 0 Å². The lowest BCUT2D eigenvalue weighted by atomic mass is 10.1.